The highest BCUT2D eigenvalue weighted by molar-refractivity contribution is 6.10. The highest BCUT2D eigenvalue weighted by Gasteiger charge is 2.09. The molecule has 124 valence electrons. The first-order chi connectivity index (χ1) is 12.2. The van der Waals surface area contributed by atoms with Gasteiger partial charge >= 0.3 is 5.97 Å². The van der Waals surface area contributed by atoms with Gasteiger partial charge in [-0.2, -0.15) is 15.6 Å². The second kappa shape index (κ2) is 8.65. The van der Waals surface area contributed by atoms with E-state index in [0.29, 0.717) is 17.0 Å². The van der Waals surface area contributed by atoms with Crippen LogP contribution in [0, 0.1) is 22.7 Å². The summed E-state index contributed by atoms with van der Waals surface area (Å²) in [5, 5.41) is 20.9. The lowest BCUT2D eigenvalue weighted by atomic mass is 10.2. The summed E-state index contributed by atoms with van der Waals surface area (Å²) in [5.74, 6) is 0.199. The number of esters is 1. The van der Waals surface area contributed by atoms with Crippen molar-refractivity contribution in [3.05, 3.63) is 48.2 Å². The number of ether oxygens (including phenoxy) is 2. The minimum absolute atomic E-state index is 0.223. The Morgan fingerprint density at radius 2 is 2.08 bits per heavy atom. The topological polar surface area (TPSA) is 120 Å². The molecule has 8 nitrogen and oxygen atoms in total. The largest absolute Gasteiger partial charge is 0.462 e. The van der Waals surface area contributed by atoms with Crippen LogP contribution in [0.1, 0.15) is 17.3 Å². The molecule has 0 aliphatic carbocycles. The molecule has 0 fully saturated rings. The maximum atomic E-state index is 11.7. The van der Waals surface area contributed by atoms with E-state index < -0.39 is 5.97 Å². The van der Waals surface area contributed by atoms with Crippen LogP contribution in [0.3, 0.4) is 0 Å². The number of hydrazone groups is 1. The van der Waals surface area contributed by atoms with Gasteiger partial charge in [-0.05, 0) is 25.1 Å². The molecule has 8 heteroatoms. The Hall–Kier alpha value is -3.91. The minimum atomic E-state index is -0.458. The number of benzene rings is 1. The van der Waals surface area contributed by atoms with Gasteiger partial charge in [0, 0.05) is 18.3 Å². The Labute approximate surface area is 143 Å². The molecule has 25 heavy (non-hydrogen) atoms. The van der Waals surface area contributed by atoms with Crippen LogP contribution < -0.4 is 10.2 Å². The summed E-state index contributed by atoms with van der Waals surface area (Å²) in [7, 11) is 0. The number of pyridine rings is 1. The Bertz CT molecular complexity index is 864. The highest BCUT2D eigenvalue weighted by Crippen LogP contribution is 2.23. The maximum Gasteiger partial charge on any atom is 0.338 e. The highest BCUT2D eigenvalue weighted by atomic mass is 16.5. The summed E-state index contributed by atoms with van der Waals surface area (Å²) in [6, 6.07) is 13.0. The zero-order valence-corrected chi connectivity index (χ0v) is 13.3. The van der Waals surface area contributed by atoms with Crippen molar-refractivity contribution in [2.24, 2.45) is 5.10 Å². The number of aromatic nitrogens is 1. The number of carbonyl (C=O) groups is 1. The van der Waals surface area contributed by atoms with Crippen LogP contribution in [0.4, 0.5) is 5.69 Å². The predicted octanol–water partition coefficient (Wildman–Crippen LogP) is 2.87. The quantitative estimate of drug-likeness (QED) is 0.489. The first kappa shape index (κ1) is 17.4. The van der Waals surface area contributed by atoms with Gasteiger partial charge in [-0.3, -0.25) is 5.43 Å². The summed E-state index contributed by atoms with van der Waals surface area (Å²) < 4.78 is 10.5. The molecule has 1 heterocycles. The number of nitrogens with one attached hydrogen (secondary N) is 1. The second-order valence-electron chi connectivity index (χ2n) is 4.53. The average molecular weight is 335 g/mol. The molecule has 0 radical (unpaired) electrons. The Morgan fingerprint density at radius 3 is 2.80 bits per heavy atom. The van der Waals surface area contributed by atoms with Gasteiger partial charge in [-0.1, -0.05) is 6.07 Å². The number of nitriles is 2. The number of nitrogens with zero attached hydrogens (tertiary/aromatic N) is 4. The number of anilines is 1. The summed E-state index contributed by atoms with van der Waals surface area (Å²) >= 11 is 0. The molecular formula is C17H13N5O3. The molecule has 1 N–H and O–H groups in total. The predicted molar refractivity (Wildman–Crippen MR) is 89.0 cm³/mol. The average Bonchev–Trinajstić information content (AvgIpc) is 2.63. The summed E-state index contributed by atoms with van der Waals surface area (Å²) in [6.45, 7) is 2.00. The fourth-order valence-electron chi connectivity index (χ4n) is 1.75. The van der Waals surface area contributed by atoms with Crippen molar-refractivity contribution in [3.63, 3.8) is 0 Å². The zero-order valence-electron chi connectivity index (χ0n) is 13.3. The van der Waals surface area contributed by atoms with Crippen LogP contribution in [0.2, 0.25) is 0 Å². The molecule has 0 aliphatic rings. The molecule has 0 spiro atoms. The summed E-state index contributed by atoms with van der Waals surface area (Å²) in [5.41, 5.74) is 3.14. The van der Waals surface area contributed by atoms with E-state index in [4.69, 9.17) is 20.0 Å². The van der Waals surface area contributed by atoms with Crippen molar-refractivity contribution in [1.29, 1.82) is 10.5 Å². The van der Waals surface area contributed by atoms with Crippen LogP contribution in [0.5, 0.6) is 11.6 Å². The van der Waals surface area contributed by atoms with E-state index in [1.165, 1.54) is 18.3 Å². The Morgan fingerprint density at radius 1 is 1.28 bits per heavy atom. The van der Waals surface area contributed by atoms with Crippen LogP contribution in [-0.4, -0.2) is 23.3 Å². The molecule has 0 saturated carbocycles. The molecule has 0 bridgehead atoms. The van der Waals surface area contributed by atoms with Crippen molar-refractivity contribution in [1.82, 2.24) is 4.98 Å². The first-order valence-corrected chi connectivity index (χ1v) is 7.21. The lowest BCUT2D eigenvalue weighted by Gasteiger charge is -2.08. The number of rotatable bonds is 6. The molecule has 0 amide bonds. The van der Waals surface area contributed by atoms with Gasteiger partial charge in [-0.25, -0.2) is 9.78 Å². The van der Waals surface area contributed by atoms with Gasteiger partial charge in [0.05, 0.1) is 17.9 Å². The van der Waals surface area contributed by atoms with Gasteiger partial charge in [0.2, 0.25) is 11.6 Å². The third-order valence-electron chi connectivity index (χ3n) is 2.81. The van der Waals surface area contributed by atoms with Gasteiger partial charge in [0.15, 0.2) is 0 Å². The third kappa shape index (κ3) is 5.05. The minimum Gasteiger partial charge on any atom is -0.462 e. The molecular weight excluding hydrogens is 322 g/mol. The Balaban J connectivity index is 2.14. The fourth-order valence-corrected chi connectivity index (χ4v) is 1.75. The molecule has 0 aliphatic heterocycles. The van der Waals surface area contributed by atoms with E-state index in [1.54, 1.807) is 43.3 Å². The van der Waals surface area contributed by atoms with Gasteiger partial charge in [-0.15, -0.1) is 0 Å². The maximum absolute atomic E-state index is 11.7. The molecule has 0 saturated heterocycles. The van der Waals surface area contributed by atoms with Crippen molar-refractivity contribution in [2.45, 2.75) is 6.92 Å². The van der Waals surface area contributed by atoms with E-state index in [9.17, 15) is 4.79 Å². The molecule has 0 atom stereocenters. The normalized spacial score (nSPS) is 9.24. The second-order valence-corrected chi connectivity index (χ2v) is 4.53. The third-order valence-corrected chi connectivity index (χ3v) is 2.81. The first-order valence-electron chi connectivity index (χ1n) is 7.21. The smallest absolute Gasteiger partial charge is 0.338 e. The standard InChI is InChI=1S/C17H13N5O3/c1-2-24-17(23)12-6-7-20-16(8-12)25-15-5-3-4-13(9-15)21-22-14(10-18)11-19/h3-9,21H,2H2,1H3. The van der Waals surface area contributed by atoms with Crippen LogP contribution in [0.25, 0.3) is 0 Å². The van der Waals surface area contributed by atoms with E-state index in [-0.39, 0.29) is 18.2 Å². The van der Waals surface area contributed by atoms with Gasteiger partial charge < -0.3 is 9.47 Å². The van der Waals surface area contributed by atoms with E-state index in [2.05, 4.69) is 15.5 Å². The molecule has 2 aromatic rings. The van der Waals surface area contributed by atoms with E-state index in [0.717, 1.165) is 0 Å². The van der Waals surface area contributed by atoms with Crippen molar-refractivity contribution < 1.29 is 14.3 Å². The monoisotopic (exact) mass is 335 g/mol. The summed E-state index contributed by atoms with van der Waals surface area (Å²) in [4.78, 5) is 15.8. The van der Waals surface area contributed by atoms with Gasteiger partial charge in [0.25, 0.3) is 0 Å². The lowest BCUT2D eigenvalue weighted by Crippen LogP contribution is -2.05. The lowest BCUT2D eigenvalue weighted by molar-refractivity contribution is 0.0526. The van der Waals surface area contributed by atoms with Crippen LogP contribution >= 0.6 is 0 Å². The van der Waals surface area contributed by atoms with E-state index in [1.807, 2.05) is 0 Å². The summed E-state index contributed by atoms with van der Waals surface area (Å²) in [6.07, 6.45) is 1.44. The number of carbonyl (C=O) groups excluding carboxylic acids is 1. The molecule has 1 aromatic carbocycles. The fraction of sp³-hybridized carbons (Fsp3) is 0.118. The van der Waals surface area contributed by atoms with E-state index >= 15 is 0 Å². The van der Waals surface area contributed by atoms with Crippen molar-refractivity contribution >= 4 is 17.4 Å². The van der Waals surface area contributed by atoms with Crippen molar-refractivity contribution in [3.8, 4) is 23.8 Å². The van der Waals surface area contributed by atoms with Crippen molar-refractivity contribution in [2.75, 3.05) is 12.0 Å². The number of hydrogen-bond donors (Lipinski definition) is 1. The van der Waals surface area contributed by atoms with Crippen LogP contribution in [0.15, 0.2) is 47.7 Å². The zero-order chi connectivity index (χ0) is 18.1. The SMILES string of the molecule is CCOC(=O)c1ccnc(Oc2cccc(NN=C(C#N)C#N)c2)c1. The molecule has 2 rings (SSSR count). The Kier molecular flexibility index (Phi) is 6.04. The number of hydrogen-bond acceptors (Lipinski definition) is 8. The van der Waals surface area contributed by atoms with Gasteiger partial charge in [0.1, 0.15) is 17.9 Å². The van der Waals surface area contributed by atoms with Crippen LogP contribution in [-0.2, 0) is 4.74 Å². The molecule has 1 aromatic heterocycles. The molecule has 0 unspecified atom stereocenters.